The second-order valence-corrected chi connectivity index (χ2v) is 6.47. The number of halogens is 3. The maximum Gasteiger partial charge on any atom is 0.131 e. The molecule has 0 unspecified atom stereocenters. The molecule has 1 N–H and O–H groups in total. The average Bonchev–Trinajstić information content (AvgIpc) is 2.56. The van der Waals surface area contributed by atoms with Crippen LogP contribution in [0.15, 0.2) is 36.4 Å². The summed E-state index contributed by atoms with van der Waals surface area (Å²) in [5.74, 6) is 0.317. The van der Waals surface area contributed by atoms with Crippen molar-refractivity contribution in [2.45, 2.75) is 39.3 Å². The lowest BCUT2D eigenvalue weighted by molar-refractivity contribution is 0.296. The molecule has 24 heavy (non-hydrogen) atoms. The normalized spacial score (nSPS) is 10.8. The van der Waals surface area contributed by atoms with Gasteiger partial charge in [0, 0.05) is 22.7 Å². The zero-order valence-corrected chi connectivity index (χ0v) is 15.3. The first-order valence-electron chi connectivity index (χ1n) is 8.16. The molecule has 0 aliphatic carbocycles. The monoisotopic (exact) mass is 369 g/mol. The average molecular weight is 370 g/mol. The second-order valence-electron chi connectivity index (χ2n) is 5.62. The number of rotatable bonds is 9. The molecule has 0 fully saturated rings. The van der Waals surface area contributed by atoms with Crippen LogP contribution in [0.1, 0.15) is 37.3 Å². The Bertz CT molecular complexity index is 644. The van der Waals surface area contributed by atoms with E-state index < -0.39 is 0 Å². The van der Waals surface area contributed by atoms with Gasteiger partial charge in [-0.1, -0.05) is 49.0 Å². The summed E-state index contributed by atoms with van der Waals surface area (Å²) in [5, 5.41) is 4.40. The maximum atomic E-state index is 13.8. The quantitative estimate of drug-likeness (QED) is 0.548. The van der Waals surface area contributed by atoms with E-state index in [9.17, 15) is 4.39 Å². The molecule has 2 aromatic carbocycles. The smallest absolute Gasteiger partial charge is 0.131 e. The van der Waals surface area contributed by atoms with Crippen LogP contribution in [0, 0.1) is 5.82 Å². The van der Waals surface area contributed by atoms with Gasteiger partial charge in [0.25, 0.3) is 0 Å². The summed E-state index contributed by atoms with van der Waals surface area (Å²) < 4.78 is 19.6. The molecule has 0 bridgehead atoms. The van der Waals surface area contributed by atoms with E-state index >= 15 is 0 Å². The molecule has 0 amide bonds. The van der Waals surface area contributed by atoms with Gasteiger partial charge in [0.15, 0.2) is 0 Å². The number of hydrogen-bond donors (Lipinski definition) is 1. The van der Waals surface area contributed by atoms with Gasteiger partial charge in [0.2, 0.25) is 0 Å². The van der Waals surface area contributed by atoms with Crippen molar-refractivity contribution in [3.05, 3.63) is 63.4 Å². The summed E-state index contributed by atoms with van der Waals surface area (Å²) in [6.45, 7) is 3.86. The maximum absolute atomic E-state index is 13.8. The molecular weight excluding hydrogens is 348 g/mol. The molecule has 0 radical (unpaired) electrons. The Morgan fingerprint density at radius 2 is 1.96 bits per heavy atom. The summed E-state index contributed by atoms with van der Waals surface area (Å²) >= 11 is 12.1. The number of benzene rings is 2. The van der Waals surface area contributed by atoms with Crippen LogP contribution in [-0.2, 0) is 13.2 Å². The van der Waals surface area contributed by atoms with Gasteiger partial charge in [-0.2, -0.15) is 0 Å². The van der Waals surface area contributed by atoms with Gasteiger partial charge in [0.05, 0.1) is 5.02 Å². The highest BCUT2D eigenvalue weighted by Crippen LogP contribution is 2.26. The van der Waals surface area contributed by atoms with Crippen LogP contribution in [0.5, 0.6) is 5.75 Å². The predicted octanol–water partition coefficient (Wildman–Crippen LogP) is 5.99. The minimum absolute atomic E-state index is 0.0793. The lowest BCUT2D eigenvalue weighted by atomic mass is 10.2. The summed E-state index contributed by atoms with van der Waals surface area (Å²) in [5.41, 5.74) is 1.31. The van der Waals surface area contributed by atoms with Gasteiger partial charge >= 0.3 is 0 Å². The van der Waals surface area contributed by atoms with Crippen LogP contribution in [0.25, 0.3) is 0 Å². The summed E-state index contributed by atoms with van der Waals surface area (Å²) in [6.07, 6.45) is 3.53. The number of hydrogen-bond acceptors (Lipinski definition) is 2. The third-order valence-corrected chi connectivity index (χ3v) is 4.32. The first kappa shape index (κ1) is 19.0. The summed E-state index contributed by atoms with van der Waals surface area (Å²) in [7, 11) is 0. The molecule has 0 spiro atoms. The van der Waals surface area contributed by atoms with Crippen molar-refractivity contribution in [3.63, 3.8) is 0 Å². The van der Waals surface area contributed by atoms with Crippen molar-refractivity contribution in [1.29, 1.82) is 0 Å². The fraction of sp³-hybridized carbons (Fsp3) is 0.368. The van der Waals surface area contributed by atoms with Gasteiger partial charge in [-0.15, -0.1) is 0 Å². The molecule has 130 valence electrons. The minimum atomic E-state index is -0.365. The Balaban J connectivity index is 2.01. The lowest BCUT2D eigenvalue weighted by Gasteiger charge is -2.14. The molecule has 2 rings (SSSR count). The number of ether oxygens (including phenoxy) is 1. The zero-order chi connectivity index (χ0) is 17.4. The van der Waals surface area contributed by atoms with Crippen molar-refractivity contribution in [2.75, 3.05) is 6.54 Å². The van der Waals surface area contributed by atoms with E-state index in [1.165, 1.54) is 18.9 Å². The predicted molar refractivity (Wildman–Crippen MR) is 98.4 cm³/mol. The third-order valence-electron chi connectivity index (χ3n) is 3.73. The Morgan fingerprint density at radius 3 is 2.71 bits per heavy atom. The van der Waals surface area contributed by atoms with E-state index in [0.29, 0.717) is 27.9 Å². The van der Waals surface area contributed by atoms with Gasteiger partial charge in [0.1, 0.15) is 18.2 Å². The second kappa shape index (κ2) is 9.87. The first-order chi connectivity index (χ1) is 11.6. The van der Waals surface area contributed by atoms with Gasteiger partial charge in [-0.3, -0.25) is 0 Å². The molecule has 0 atom stereocenters. The molecule has 0 aliphatic heterocycles. The topological polar surface area (TPSA) is 21.3 Å². The van der Waals surface area contributed by atoms with Crippen LogP contribution >= 0.6 is 23.2 Å². The Hall–Kier alpha value is -1.29. The highest BCUT2D eigenvalue weighted by atomic mass is 35.5. The molecule has 0 saturated heterocycles. The highest BCUT2D eigenvalue weighted by molar-refractivity contribution is 6.31. The standard InChI is InChI=1S/C19H22Cl2FNO/c1-2-3-4-10-23-12-14-11-15(20)8-9-19(14)24-13-16-17(21)6-5-7-18(16)22/h5-9,11,23H,2-4,10,12-13H2,1H3. The first-order valence-corrected chi connectivity index (χ1v) is 8.92. The Labute approximate surface area is 152 Å². The van der Waals surface area contributed by atoms with Crippen molar-refractivity contribution in [1.82, 2.24) is 5.32 Å². The highest BCUT2D eigenvalue weighted by Gasteiger charge is 2.10. The fourth-order valence-electron chi connectivity index (χ4n) is 2.37. The molecule has 0 aliphatic rings. The van der Waals surface area contributed by atoms with Crippen molar-refractivity contribution in [2.24, 2.45) is 0 Å². The molecule has 0 saturated carbocycles. The minimum Gasteiger partial charge on any atom is -0.488 e. The van der Waals surface area contributed by atoms with Gasteiger partial charge in [-0.05, 0) is 43.3 Å². The molecular formula is C19H22Cl2FNO. The fourth-order valence-corrected chi connectivity index (χ4v) is 2.78. The third kappa shape index (κ3) is 5.66. The van der Waals surface area contributed by atoms with E-state index in [2.05, 4.69) is 12.2 Å². The van der Waals surface area contributed by atoms with Crippen molar-refractivity contribution < 1.29 is 9.13 Å². The van der Waals surface area contributed by atoms with Crippen LogP contribution < -0.4 is 10.1 Å². The van der Waals surface area contributed by atoms with Gasteiger partial charge in [-0.25, -0.2) is 4.39 Å². The SMILES string of the molecule is CCCCCNCc1cc(Cl)ccc1OCc1c(F)cccc1Cl. The summed E-state index contributed by atoms with van der Waals surface area (Å²) in [6, 6.07) is 10.0. The van der Waals surface area contributed by atoms with Crippen LogP contribution in [0.2, 0.25) is 10.0 Å². The van der Waals surface area contributed by atoms with Crippen molar-refractivity contribution in [3.8, 4) is 5.75 Å². The van der Waals surface area contributed by atoms with E-state index in [1.807, 2.05) is 6.07 Å². The van der Waals surface area contributed by atoms with E-state index in [-0.39, 0.29) is 12.4 Å². The molecule has 2 nitrogen and oxygen atoms in total. The van der Waals surface area contributed by atoms with E-state index in [4.69, 9.17) is 27.9 Å². The Morgan fingerprint density at radius 1 is 1.12 bits per heavy atom. The molecule has 0 heterocycles. The van der Waals surface area contributed by atoms with Gasteiger partial charge < -0.3 is 10.1 Å². The largest absolute Gasteiger partial charge is 0.488 e. The van der Waals surface area contributed by atoms with Crippen molar-refractivity contribution >= 4 is 23.2 Å². The number of nitrogens with one attached hydrogen (secondary N) is 1. The Kier molecular flexibility index (Phi) is 7.83. The molecule has 2 aromatic rings. The molecule has 5 heteroatoms. The van der Waals surface area contributed by atoms with E-state index in [1.54, 1.807) is 24.3 Å². The van der Waals surface area contributed by atoms with Crippen LogP contribution in [-0.4, -0.2) is 6.54 Å². The lowest BCUT2D eigenvalue weighted by Crippen LogP contribution is -2.15. The van der Waals surface area contributed by atoms with E-state index in [0.717, 1.165) is 18.5 Å². The molecule has 0 aromatic heterocycles. The van der Waals surface area contributed by atoms with Crippen LogP contribution in [0.4, 0.5) is 4.39 Å². The summed E-state index contributed by atoms with van der Waals surface area (Å²) in [4.78, 5) is 0. The van der Waals surface area contributed by atoms with Crippen LogP contribution in [0.3, 0.4) is 0 Å². The number of unbranched alkanes of at least 4 members (excludes halogenated alkanes) is 2. The zero-order valence-electron chi connectivity index (χ0n) is 13.7.